The highest BCUT2D eigenvalue weighted by Crippen LogP contribution is 2.33. The Balaban J connectivity index is 1.96. The van der Waals surface area contributed by atoms with Crippen molar-refractivity contribution in [2.75, 3.05) is 6.54 Å². The monoisotopic (exact) mass is 211 g/mol. The molecule has 0 aromatic carbocycles. The van der Waals surface area contributed by atoms with Crippen molar-refractivity contribution in [2.45, 2.75) is 70.6 Å². The molecule has 0 aromatic heterocycles. The van der Waals surface area contributed by atoms with Gasteiger partial charge in [0.05, 0.1) is 6.10 Å². The molecule has 0 spiro atoms. The van der Waals surface area contributed by atoms with Gasteiger partial charge in [-0.1, -0.05) is 20.3 Å². The van der Waals surface area contributed by atoms with Crippen molar-refractivity contribution >= 4 is 0 Å². The molecule has 0 amide bonds. The van der Waals surface area contributed by atoms with Gasteiger partial charge in [-0.15, -0.1) is 0 Å². The molecule has 0 saturated heterocycles. The molecular formula is C13H25NO. The summed E-state index contributed by atoms with van der Waals surface area (Å²) in [5.41, 5.74) is 0. The van der Waals surface area contributed by atoms with Crippen molar-refractivity contribution in [3.8, 4) is 0 Å². The first-order chi connectivity index (χ1) is 7.18. The van der Waals surface area contributed by atoms with E-state index < -0.39 is 0 Å². The first kappa shape index (κ1) is 11.4. The minimum absolute atomic E-state index is 0.0515. The molecule has 0 aromatic rings. The lowest BCUT2D eigenvalue weighted by molar-refractivity contribution is 0.0100. The van der Waals surface area contributed by atoms with E-state index in [1.165, 1.54) is 38.6 Å². The highest BCUT2D eigenvalue weighted by atomic mass is 16.3. The fourth-order valence-corrected chi connectivity index (χ4v) is 3.00. The molecule has 0 aliphatic heterocycles. The van der Waals surface area contributed by atoms with Gasteiger partial charge >= 0.3 is 0 Å². The molecule has 0 bridgehead atoms. The maximum atomic E-state index is 10.00. The summed E-state index contributed by atoms with van der Waals surface area (Å²) in [7, 11) is 0. The Morgan fingerprint density at radius 2 is 1.80 bits per heavy atom. The predicted octanol–water partition coefficient (Wildman–Crippen LogP) is 2.41. The van der Waals surface area contributed by atoms with Gasteiger partial charge in [0, 0.05) is 18.6 Å². The molecule has 2 rings (SSSR count). The molecular weight excluding hydrogens is 186 g/mol. The molecule has 88 valence electrons. The van der Waals surface area contributed by atoms with Gasteiger partial charge in [0.15, 0.2) is 0 Å². The molecule has 2 aliphatic rings. The van der Waals surface area contributed by atoms with E-state index in [1.54, 1.807) is 0 Å². The van der Waals surface area contributed by atoms with Crippen LogP contribution < -0.4 is 0 Å². The topological polar surface area (TPSA) is 23.5 Å². The van der Waals surface area contributed by atoms with Crippen LogP contribution in [0.3, 0.4) is 0 Å². The Hall–Kier alpha value is -0.0800. The van der Waals surface area contributed by atoms with Crippen molar-refractivity contribution in [3.05, 3.63) is 0 Å². The molecule has 2 aliphatic carbocycles. The van der Waals surface area contributed by atoms with Crippen LogP contribution in [0.25, 0.3) is 0 Å². The zero-order valence-electron chi connectivity index (χ0n) is 10.2. The maximum Gasteiger partial charge on any atom is 0.0695 e. The summed E-state index contributed by atoms with van der Waals surface area (Å²) in [4.78, 5) is 2.62. The van der Waals surface area contributed by atoms with Crippen LogP contribution in [0, 0.1) is 5.92 Å². The minimum Gasteiger partial charge on any atom is -0.391 e. The van der Waals surface area contributed by atoms with E-state index in [0.717, 1.165) is 18.4 Å². The quantitative estimate of drug-likeness (QED) is 0.772. The van der Waals surface area contributed by atoms with Crippen LogP contribution in [0.5, 0.6) is 0 Å². The minimum atomic E-state index is -0.0515. The van der Waals surface area contributed by atoms with Crippen LogP contribution in [-0.2, 0) is 0 Å². The lowest BCUT2D eigenvalue weighted by atomic mass is 9.89. The van der Waals surface area contributed by atoms with Gasteiger partial charge in [0.25, 0.3) is 0 Å². The molecule has 0 heterocycles. The number of aliphatic hydroxyl groups excluding tert-OH is 1. The first-order valence-corrected chi connectivity index (χ1v) is 6.62. The second-order valence-corrected chi connectivity index (χ2v) is 5.74. The number of hydrogen-bond acceptors (Lipinski definition) is 2. The van der Waals surface area contributed by atoms with Gasteiger partial charge in [0.1, 0.15) is 0 Å². The average molecular weight is 211 g/mol. The lowest BCUT2D eigenvalue weighted by Crippen LogP contribution is -2.51. The lowest BCUT2D eigenvalue weighted by Gasteiger charge is -2.43. The third-order valence-corrected chi connectivity index (χ3v) is 3.99. The number of nitrogens with zero attached hydrogens (tertiary/aromatic N) is 1. The summed E-state index contributed by atoms with van der Waals surface area (Å²) < 4.78 is 0. The molecule has 0 radical (unpaired) electrons. The van der Waals surface area contributed by atoms with Gasteiger partial charge in [-0.3, -0.25) is 4.90 Å². The van der Waals surface area contributed by atoms with Crippen molar-refractivity contribution in [1.29, 1.82) is 0 Å². The Morgan fingerprint density at radius 1 is 1.13 bits per heavy atom. The van der Waals surface area contributed by atoms with Crippen LogP contribution >= 0.6 is 0 Å². The third-order valence-electron chi connectivity index (χ3n) is 3.99. The Labute approximate surface area is 93.7 Å². The second-order valence-electron chi connectivity index (χ2n) is 5.74. The second kappa shape index (κ2) is 4.84. The van der Waals surface area contributed by atoms with E-state index >= 15 is 0 Å². The van der Waals surface area contributed by atoms with E-state index in [4.69, 9.17) is 0 Å². The largest absolute Gasteiger partial charge is 0.391 e. The third kappa shape index (κ3) is 2.54. The van der Waals surface area contributed by atoms with Crippen molar-refractivity contribution in [1.82, 2.24) is 4.90 Å². The molecule has 2 nitrogen and oxygen atoms in total. The van der Waals surface area contributed by atoms with Gasteiger partial charge in [-0.25, -0.2) is 0 Å². The molecule has 2 fully saturated rings. The van der Waals surface area contributed by atoms with Gasteiger partial charge in [-0.2, -0.15) is 0 Å². The summed E-state index contributed by atoms with van der Waals surface area (Å²) in [5, 5.41) is 10.00. The normalized spacial score (nSPS) is 32.6. The standard InChI is InChI=1S/C13H25NO/c1-10(2)9-14(11-5-3-6-11)12-7-4-8-13(12)15/h10-13,15H,3-9H2,1-2H3/t12-,13-/m1/s1. The fraction of sp³-hybridized carbons (Fsp3) is 1.00. The van der Waals surface area contributed by atoms with E-state index in [1.807, 2.05) is 0 Å². The summed E-state index contributed by atoms with van der Waals surface area (Å²) >= 11 is 0. The SMILES string of the molecule is CC(C)CN(C1CCC1)[C@@H]1CCC[C@H]1O. The highest BCUT2D eigenvalue weighted by Gasteiger charge is 2.36. The number of aliphatic hydroxyl groups is 1. The first-order valence-electron chi connectivity index (χ1n) is 6.62. The highest BCUT2D eigenvalue weighted by molar-refractivity contribution is 4.91. The zero-order chi connectivity index (χ0) is 10.8. The van der Waals surface area contributed by atoms with Crippen LogP contribution in [-0.4, -0.2) is 34.7 Å². The summed E-state index contributed by atoms with van der Waals surface area (Å²) in [6.07, 6.45) is 7.50. The molecule has 15 heavy (non-hydrogen) atoms. The average Bonchev–Trinajstić information content (AvgIpc) is 2.46. The van der Waals surface area contributed by atoms with Crippen LogP contribution in [0.2, 0.25) is 0 Å². The summed E-state index contributed by atoms with van der Waals surface area (Å²) in [6.45, 7) is 5.74. The van der Waals surface area contributed by atoms with E-state index in [-0.39, 0.29) is 6.10 Å². The van der Waals surface area contributed by atoms with E-state index in [9.17, 15) is 5.11 Å². The van der Waals surface area contributed by atoms with Crippen molar-refractivity contribution in [3.63, 3.8) is 0 Å². The molecule has 1 N–H and O–H groups in total. The zero-order valence-corrected chi connectivity index (χ0v) is 10.2. The molecule has 2 saturated carbocycles. The Bertz CT molecular complexity index is 201. The summed E-state index contributed by atoms with van der Waals surface area (Å²) in [5.74, 6) is 0.721. The van der Waals surface area contributed by atoms with E-state index in [2.05, 4.69) is 18.7 Å². The number of rotatable bonds is 4. The molecule has 2 atom stereocenters. The van der Waals surface area contributed by atoms with Gasteiger partial charge in [-0.05, 0) is 38.0 Å². The maximum absolute atomic E-state index is 10.00. The van der Waals surface area contributed by atoms with Gasteiger partial charge < -0.3 is 5.11 Å². The number of hydrogen-bond donors (Lipinski definition) is 1. The predicted molar refractivity (Wildman–Crippen MR) is 62.8 cm³/mol. The van der Waals surface area contributed by atoms with Crippen LogP contribution in [0.4, 0.5) is 0 Å². The van der Waals surface area contributed by atoms with E-state index in [0.29, 0.717) is 6.04 Å². The van der Waals surface area contributed by atoms with Gasteiger partial charge in [0.2, 0.25) is 0 Å². The molecule has 2 heteroatoms. The van der Waals surface area contributed by atoms with Crippen LogP contribution in [0.1, 0.15) is 52.4 Å². The smallest absolute Gasteiger partial charge is 0.0695 e. The Morgan fingerprint density at radius 3 is 2.20 bits per heavy atom. The van der Waals surface area contributed by atoms with Crippen molar-refractivity contribution < 1.29 is 5.11 Å². The van der Waals surface area contributed by atoms with Crippen LogP contribution in [0.15, 0.2) is 0 Å². The summed E-state index contributed by atoms with van der Waals surface area (Å²) in [6, 6.07) is 1.25. The molecule has 0 unspecified atom stereocenters. The Kier molecular flexibility index (Phi) is 3.68. The van der Waals surface area contributed by atoms with Crippen molar-refractivity contribution in [2.24, 2.45) is 5.92 Å². The fourth-order valence-electron chi connectivity index (χ4n) is 3.00.